The summed E-state index contributed by atoms with van der Waals surface area (Å²) in [5.74, 6) is -0.594. The van der Waals surface area contributed by atoms with Gasteiger partial charge in [0.25, 0.3) is 0 Å². The Bertz CT molecular complexity index is 307. The largest absolute Gasteiger partial charge is 0.479 e. The smallest absolute Gasteiger partial charge is 0.250 e. The predicted molar refractivity (Wildman–Crippen MR) is 49.4 cm³/mol. The van der Waals surface area contributed by atoms with Crippen LogP contribution in [0.1, 0.15) is 18.2 Å². The fourth-order valence-corrected chi connectivity index (χ4v) is 1.07. The Morgan fingerprint density at radius 2 is 2.36 bits per heavy atom. The average Bonchev–Trinajstić information content (AvgIpc) is 2.19. The van der Waals surface area contributed by atoms with Crippen LogP contribution < -0.4 is 10.5 Å². The summed E-state index contributed by atoms with van der Waals surface area (Å²) < 4.78 is 17.7. The Hall–Kier alpha value is -1.20. The number of methoxy groups -OCH3 is 1. The summed E-state index contributed by atoms with van der Waals surface area (Å²) in [4.78, 5) is 3.88. The van der Waals surface area contributed by atoms with Crippen LogP contribution in [0.5, 0.6) is 5.88 Å². The van der Waals surface area contributed by atoms with Gasteiger partial charge in [0.15, 0.2) is 5.82 Å². The highest BCUT2D eigenvalue weighted by Gasteiger charge is 2.10. The minimum atomic E-state index is -0.521. The van der Waals surface area contributed by atoms with E-state index < -0.39 is 11.9 Å². The van der Waals surface area contributed by atoms with Crippen LogP contribution in [0.3, 0.4) is 0 Å². The quantitative estimate of drug-likeness (QED) is 0.747. The van der Waals surface area contributed by atoms with Gasteiger partial charge in [0.05, 0.1) is 12.8 Å². The van der Waals surface area contributed by atoms with E-state index in [4.69, 9.17) is 15.6 Å². The first kappa shape index (κ1) is 10.9. The van der Waals surface area contributed by atoms with Crippen molar-refractivity contribution in [1.29, 1.82) is 0 Å². The molecule has 78 valence electrons. The standard InChI is InChI=1S/C9H13FN2O2/c1-14-9-6(10)2-3-8(12-9)7(11)4-5-13/h2-3,7,13H,4-5,11H2,1H3. The van der Waals surface area contributed by atoms with Gasteiger partial charge >= 0.3 is 0 Å². The first-order chi connectivity index (χ1) is 6.69. The molecule has 0 radical (unpaired) electrons. The lowest BCUT2D eigenvalue weighted by atomic mass is 10.1. The molecule has 1 aromatic heterocycles. The lowest BCUT2D eigenvalue weighted by Gasteiger charge is -2.10. The molecule has 0 amide bonds. The zero-order valence-corrected chi connectivity index (χ0v) is 7.90. The van der Waals surface area contributed by atoms with Crippen molar-refractivity contribution < 1.29 is 14.2 Å². The second-order valence-corrected chi connectivity index (χ2v) is 2.85. The Morgan fingerprint density at radius 3 is 2.93 bits per heavy atom. The molecule has 1 aromatic rings. The van der Waals surface area contributed by atoms with E-state index in [-0.39, 0.29) is 12.5 Å². The van der Waals surface area contributed by atoms with Crippen molar-refractivity contribution in [3.63, 3.8) is 0 Å². The molecule has 0 aromatic carbocycles. The number of hydrogen-bond acceptors (Lipinski definition) is 4. The van der Waals surface area contributed by atoms with Crippen LogP contribution in [0.4, 0.5) is 4.39 Å². The van der Waals surface area contributed by atoms with Gasteiger partial charge in [0.2, 0.25) is 5.88 Å². The molecule has 0 aliphatic heterocycles. The summed E-state index contributed by atoms with van der Waals surface area (Å²) in [6.07, 6.45) is 0.391. The number of nitrogens with zero attached hydrogens (tertiary/aromatic N) is 1. The highest BCUT2D eigenvalue weighted by atomic mass is 19.1. The molecule has 5 heteroatoms. The van der Waals surface area contributed by atoms with Crippen molar-refractivity contribution in [2.75, 3.05) is 13.7 Å². The third kappa shape index (κ3) is 2.40. The number of pyridine rings is 1. The maximum absolute atomic E-state index is 12.9. The van der Waals surface area contributed by atoms with E-state index in [1.807, 2.05) is 0 Å². The summed E-state index contributed by atoms with van der Waals surface area (Å²) in [6.45, 7) is -0.0253. The number of ether oxygens (including phenoxy) is 1. The van der Waals surface area contributed by atoms with Gasteiger partial charge in [-0.15, -0.1) is 0 Å². The van der Waals surface area contributed by atoms with Gasteiger partial charge in [-0.25, -0.2) is 9.37 Å². The van der Waals surface area contributed by atoms with Crippen molar-refractivity contribution in [2.45, 2.75) is 12.5 Å². The predicted octanol–water partition coefficient (Wildman–Crippen LogP) is 0.611. The van der Waals surface area contributed by atoms with E-state index in [1.165, 1.54) is 19.2 Å². The average molecular weight is 200 g/mol. The first-order valence-electron chi connectivity index (χ1n) is 4.26. The first-order valence-corrected chi connectivity index (χ1v) is 4.26. The fourth-order valence-electron chi connectivity index (χ4n) is 1.07. The van der Waals surface area contributed by atoms with E-state index >= 15 is 0 Å². The van der Waals surface area contributed by atoms with E-state index in [0.29, 0.717) is 12.1 Å². The Morgan fingerprint density at radius 1 is 1.64 bits per heavy atom. The molecular weight excluding hydrogens is 187 g/mol. The normalized spacial score (nSPS) is 12.6. The van der Waals surface area contributed by atoms with Gasteiger partial charge in [-0.2, -0.15) is 0 Å². The molecule has 1 heterocycles. The lowest BCUT2D eigenvalue weighted by Crippen LogP contribution is -2.14. The third-order valence-corrected chi connectivity index (χ3v) is 1.85. The molecule has 3 N–H and O–H groups in total. The Balaban J connectivity index is 2.88. The van der Waals surface area contributed by atoms with Crippen molar-refractivity contribution in [2.24, 2.45) is 5.73 Å². The van der Waals surface area contributed by atoms with Crippen LogP contribution in [0.15, 0.2) is 12.1 Å². The highest BCUT2D eigenvalue weighted by molar-refractivity contribution is 5.20. The molecule has 0 saturated carbocycles. The molecule has 0 spiro atoms. The van der Waals surface area contributed by atoms with Crippen molar-refractivity contribution in [3.8, 4) is 5.88 Å². The topological polar surface area (TPSA) is 68.4 Å². The number of aliphatic hydroxyl groups is 1. The lowest BCUT2D eigenvalue weighted by molar-refractivity contribution is 0.275. The van der Waals surface area contributed by atoms with E-state index in [0.717, 1.165) is 0 Å². The number of rotatable bonds is 4. The van der Waals surface area contributed by atoms with Gasteiger partial charge in [-0.1, -0.05) is 0 Å². The third-order valence-electron chi connectivity index (χ3n) is 1.85. The van der Waals surface area contributed by atoms with Crippen molar-refractivity contribution >= 4 is 0 Å². The zero-order chi connectivity index (χ0) is 10.6. The summed E-state index contributed by atoms with van der Waals surface area (Å²) in [7, 11) is 1.34. The molecule has 1 atom stereocenters. The van der Waals surface area contributed by atoms with E-state index in [9.17, 15) is 4.39 Å². The van der Waals surface area contributed by atoms with Crippen molar-refractivity contribution in [1.82, 2.24) is 4.98 Å². The molecule has 0 aliphatic rings. The second kappa shape index (κ2) is 4.88. The maximum atomic E-state index is 12.9. The fraction of sp³-hybridized carbons (Fsp3) is 0.444. The van der Waals surface area contributed by atoms with E-state index in [2.05, 4.69) is 4.98 Å². The van der Waals surface area contributed by atoms with Gasteiger partial charge in [-0.05, 0) is 18.6 Å². The number of aliphatic hydroxyl groups excluding tert-OH is 1. The second-order valence-electron chi connectivity index (χ2n) is 2.85. The number of halogens is 1. The molecule has 0 fully saturated rings. The van der Waals surface area contributed by atoms with Gasteiger partial charge in [0.1, 0.15) is 0 Å². The van der Waals surface area contributed by atoms with Crippen LogP contribution in [0.2, 0.25) is 0 Å². The molecule has 1 unspecified atom stereocenters. The zero-order valence-electron chi connectivity index (χ0n) is 7.90. The number of hydrogen-bond donors (Lipinski definition) is 2. The molecule has 14 heavy (non-hydrogen) atoms. The summed E-state index contributed by atoms with van der Waals surface area (Å²) in [6, 6.07) is 2.34. The highest BCUT2D eigenvalue weighted by Crippen LogP contribution is 2.18. The Labute approximate surface area is 81.5 Å². The molecule has 0 saturated heterocycles. The summed E-state index contributed by atoms with van der Waals surface area (Å²) in [5, 5.41) is 8.67. The van der Waals surface area contributed by atoms with Crippen LogP contribution >= 0.6 is 0 Å². The summed E-state index contributed by atoms with van der Waals surface area (Å²) >= 11 is 0. The summed E-state index contributed by atoms with van der Waals surface area (Å²) in [5.41, 5.74) is 6.19. The SMILES string of the molecule is COc1nc(C(N)CCO)ccc1F. The minimum Gasteiger partial charge on any atom is -0.479 e. The molecule has 4 nitrogen and oxygen atoms in total. The van der Waals surface area contributed by atoms with Gasteiger partial charge in [0, 0.05) is 12.6 Å². The number of nitrogens with two attached hydrogens (primary N) is 1. The number of aromatic nitrogens is 1. The Kier molecular flexibility index (Phi) is 3.79. The van der Waals surface area contributed by atoms with E-state index in [1.54, 1.807) is 0 Å². The van der Waals surface area contributed by atoms with Crippen LogP contribution in [-0.2, 0) is 0 Å². The van der Waals surface area contributed by atoms with Gasteiger partial charge < -0.3 is 15.6 Å². The van der Waals surface area contributed by atoms with Crippen LogP contribution in [0.25, 0.3) is 0 Å². The van der Waals surface area contributed by atoms with Crippen LogP contribution in [0, 0.1) is 5.82 Å². The van der Waals surface area contributed by atoms with Gasteiger partial charge in [-0.3, -0.25) is 0 Å². The molecular formula is C9H13FN2O2. The molecule has 0 aliphatic carbocycles. The maximum Gasteiger partial charge on any atom is 0.250 e. The monoisotopic (exact) mass is 200 g/mol. The minimum absolute atomic E-state index is 0.0253. The molecule has 1 rings (SSSR count). The molecule has 0 bridgehead atoms. The van der Waals surface area contributed by atoms with Crippen LogP contribution in [-0.4, -0.2) is 23.8 Å². The van der Waals surface area contributed by atoms with Crippen molar-refractivity contribution in [3.05, 3.63) is 23.6 Å².